The van der Waals surface area contributed by atoms with Gasteiger partial charge in [-0.25, -0.2) is 5.12 Å². The molecule has 1 aliphatic heterocycles. The van der Waals surface area contributed by atoms with Gasteiger partial charge in [-0.3, -0.25) is 5.84 Å². The first-order valence-electron chi connectivity index (χ1n) is 3.76. The maximum atomic E-state index is 5.22. The molecule has 1 heterocycles. The summed E-state index contributed by atoms with van der Waals surface area (Å²) in [6, 6.07) is 8.10. The molecule has 0 radical (unpaired) electrons. The normalized spacial score (nSPS) is 14.6. The van der Waals surface area contributed by atoms with Gasteiger partial charge in [-0.05, 0) is 11.1 Å². The number of hydrazine groups is 2. The first-order chi connectivity index (χ1) is 5.90. The highest BCUT2D eigenvalue weighted by Gasteiger charge is 2.08. The van der Waals surface area contributed by atoms with Crippen molar-refractivity contribution in [3.63, 3.8) is 0 Å². The van der Waals surface area contributed by atoms with Crippen LogP contribution in [0.15, 0.2) is 29.4 Å². The van der Waals surface area contributed by atoms with Gasteiger partial charge in [0.2, 0.25) is 0 Å². The van der Waals surface area contributed by atoms with Crippen LogP contribution in [0.2, 0.25) is 0 Å². The maximum absolute atomic E-state index is 5.22. The van der Waals surface area contributed by atoms with Crippen molar-refractivity contribution in [1.82, 2.24) is 10.7 Å². The van der Waals surface area contributed by atoms with Crippen molar-refractivity contribution in [2.24, 2.45) is 10.9 Å². The van der Waals surface area contributed by atoms with E-state index in [4.69, 9.17) is 5.84 Å². The van der Waals surface area contributed by atoms with Crippen LogP contribution in [0.3, 0.4) is 0 Å². The summed E-state index contributed by atoms with van der Waals surface area (Å²) in [4.78, 5) is 0. The molecule has 1 aromatic rings. The van der Waals surface area contributed by atoms with E-state index in [0.29, 0.717) is 6.54 Å². The van der Waals surface area contributed by atoms with E-state index in [2.05, 4.69) is 16.7 Å². The van der Waals surface area contributed by atoms with Crippen molar-refractivity contribution in [2.75, 3.05) is 0 Å². The molecule has 0 saturated heterocycles. The molecule has 0 unspecified atom stereocenters. The first kappa shape index (κ1) is 7.27. The summed E-state index contributed by atoms with van der Waals surface area (Å²) in [6.07, 6.45) is 1.79. The highest BCUT2D eigenvalue weighted by molar-refractivity contribution is 5.82. The van der Waals surface area contributed by atoms with Crippen molar-refractivity contribution in [2.45, 2.75) is 6.54 Å². The van der Waals surface area contributed by atoms with Crippen LogP contribution in [0.5, 0.6) is 0 Å². The average molecular weight is 162 g/mol. The van der Waals surface area contributed by atoms with E-state index in [1.807, 2.05) is 18.2 Å². The predicted molar refractivity (Wildman–Crippen MR) is 46.9 cm³/mol. The molecule has 1 aromatic carbocycles. The smallest absolute Gasteiger partial charge is 0.0803 e. The van der Waals surface area contributed by atoms with Crippen LogP contribution in [-0.4, -0.2) is 11.3 Å². The minimum atomic E-state index is 0.711. The van der Waals surface area contributed by atoms with Gasteiger partial charge in [0, 0.05) is 0 Å². The molecule has 0 atom stereocenters. The number of hydrogen-bond acceptors (Lipinski definition) is 4. The Bertz CT molecular complexity index is 308. The lowest BCUT2D eigenvalue weighted by Gasteiger charge is -2.21. The van der Waals surface area contributed by atoms with E-state index in [-0.39, 0.29) is 0 Å². The van der Waals surface area contributed by atoms with E-state index in [0.717, 1.165) is 5.56 Å². The Balaban J connectivity index is 2.33. The molecule has 0 bridgehead atoms. The summed E-state index contributed by atoms with van der Waals surface area (Å²) in [5.74, 6) is 5.22. The molecular weight excluding hydrogens is 152 g/mol. The number of fused-ring (bicyclic) bond motifs is 1. The van der Waals surface area contributed by atoms with Gasteiger partial charge in [0.25, 0.3) is 0 Å². The van der Waals surface area contributed by atoms with Crippen LogP contribution >= 0.6 is 0 Å². The molecule has 1 aliphatic rings. The molecule has 3 N–H and O–H groups in total. The molecule has 0 aromatic heterocycles. The third kappa shape index (κ3) is 1.17. The van der Waals surface area contributed by atoms with Crippen molar-refractivity contribution in [1.29, 1.82) is 0 Å². The van der Waals surface area contributed by atoms with E-state index in [9.17, 15) is 0 Å². The summed E-state index contributed by atoms with van der Waals surface area (Å²) >= 11 is 0. The Labute approximate surface area is 70.6 Å². The predicted octanol–water partition coefficient (Wildman–Crippen LogP) is 0.214. The molecule has 0 spiro atoms. The maximum Gasteiger partial charge on any atom is 0.0803 e. The molecule has 0 fully saturated rings. The Hall–Kier alpha value is -1.39. The Morgan fingerprint density at radius 2 is 2.25 bits per heavy atom. The minimum Gasteiger partial charge on any atom is -0.252 e. The van der Waals surface area contributed by atoms with Gasteiger partial charge in [0.05, 0.1) is 12.8 Å². The quantitative estimate of drug-likeness (QED) is 0.458. The van der Waals surface area contributed by atoms with Gasteiger partial charge in [0.1, 0.15) is 0 Å². The van der Waals surface area contributed by atoms with Gasteiger partial charge in [0.15, 0.2) is 0 Å². The largest absolute Gasteiger partial charge is 0.252 e. The topological polar surface area (TPSA) is 53.6 Å². The van der Waals surface area contributed by atoms with Gasteiger partial charge in [-0.2, -0.15) is 10.6 Å². The van der Waals surface area contributed by atoms with Crippen LogP contribution in [0.25, 0.3) is 0 Å². The van der Waals surface area contributed by atoms with Crippen molar-refractivity contribution >= 4 is 6.21 Å². The number of hydrazone groups is 1. The first-order valence-corrected chi connectivity index (χ1v) is 3.76. The summed E-state index contributed by atoms with van der Waals surface area (Å²) in [5.41, 5.74) is 4.86. The summed E-state index contributed by atoms with van der Waals surface area (Å²) in [7, 11) is 0. The van der Waals surface area contributed by atoms with E-state index in [1.54, 1.807) is 11.3 Å². The molecule has 0 saturated carbocycles. The van der Waals surface area contributed by atoms with Crippen LogP contribution in [0, 0.1) is 0 Å². The summed E-state index contributed by atoms with van der Waals surface area (Å²) < 4.78 is 0. The molecule has 62 valence electrons. The Morgan fingerprint density at radius 3 is 3.08 bits per heavy atom. The van der Waals surface area contributed by atoms with Gasteiger partial charge in [-0.15, -0.1) is 0 Å². The number of benzene rings is 1. The third-order valence-corrected chi connectivity index (χ3v) is 1.86. The Kier molecular flexibility index (Phi) is 1.77. The van der Waals surface area contributed by atoms with Crippen LogP contribution in [-0.2, 0) is 6.54 Å². The SMILES string of the molecule is NNN1Cc2ccccc2C=N1. The molecule has 0 aliphatic carbocycles. The van der Waals surface area contributed by atoms with Crippen molar-refractivity contribution in [3.8, 4) is 0 Å². The van der Waals surface area contributed by atoms with E-state index in [1.165, 1.54) is 5.56 Å². The average Bonchev–Trinajstić information content (AvgIpc) is 2.17. The lowest BCUT2D eigenvalue weighted by Crippen LogP contribution is -2.40. The minimum absolute atomic E-state index is 0.711. The van der Waals surface area contributed by atoms with Crippen molar-refractivity contribution < 1.29 is 0 Å². The fourth-order valence-electron chi connectivity index (χ4n) is 1.22. The van der Waals surface area contributed by atoms with Gasteiger partial charge in [-0.1, -0.05) is 24.3 Å². The third-order valence-electron chi connectivity index (χ3n) is 1.86. The number of rotatable bonds is 1. The van der Waals surface area contributed by atoms with Gasteiger partial charge >= 0.3 is 0 Å². The zero-order valence-electron chi connectivity index (χ0n) is 6.57. The highest BCUT2D eigenvalue weighted by atomic mass is 15.8. The fraction of sp³-hybridized carbons (Fsp3) is 0.125. The highest BCUT2D eigenvalue weighted by Crippen LogP contribution is 2.12. The van der Waals surface area contributed by atoms with Crippen LogP contribution in [0.4, 0.5) is 0 Å². The van der Waals surface area contributed by atoms with E-state index >= 15 is 0 Å². The van der Waals surface area contributed by atoms with Crippen LogP contribution in [0.1, 0.15) is 11.1 Å². The second-order valence-corrected chi connectivity index (χ2v) is 2.63. The lowest BCUT2D eigenvalue weighted by molar-refractivity contribution is 0.187. The number of hydrogen-bond donors (Lipinski definition) is 2. The second-order valence-electron chi connectivity index (χ2n) is 2.63. The van der Waals surface area contributed by atoms with Gasteiger partial charge < -0.3 is 0 Å². The monoisotopic (exact) mass is 162 g/mol. The zero-order chi connectivity index (χ0) is 8.39. The Morgan fingerprint density at radius 1 is 1.42 bits per heavy atom. The molecule has 0 amide bonds. The summed E-state index contributed by atoms with van der Waals surface area (Å²) in [5, 5.41) is 5.65. The lowest BCUT2D eigenvalue weighted by atomic mass is 10.1. The number of nitrogens with two attached hydrogens (primary N) is 1. The molecule has 2 rings (SSSR count). The molecule has 12 heavy (non-hydrogen) atoms. The van der Waals surface area contributed by atoms with Crippen molar-refractivity contribution in [3.05, 3.63) is 35.4 Å². The summed E-state index contributed by atoms with van der Waals surface area (Å²) in [6.45, 7) is 0.711. The fourth-order valence-corrected chi connectivity index (χ4v) is 1.22. The second kappa shape index (κ2) is 2.92. The number of nitrogens with zero attached hydrogens (tertiary/aromatic N) is 2. The molecule has 4 nitrogen and oxygen atoms in total. The standard InChI is InChI=1S/C8H10N4/c9-11-12-6-8-4-2-1-3-7(8)5-10-12/h1-5,11H,6,9H2. The zero-order valence-corrected chi connectivity index (χ0v) is 6.57. The number of nitrogens with one attached hydrogen (secondary N) is 1. The molecule has 4 heteroatoms. The molecular formula is C8H10N4. The van der Waals surface area contributed by atoms with Crippen LogP contribution < -0.4 is 11.4 Å². The van der Waals surface area contributed by atoms with E-state index < -0.39 is 0 Å².